The zero-order valence-corrected chi connectivity index (χ0v) is 17.4. The molecule has 4 heteroatoms. The number of hydrogen-bond acceptors (Lipinski definition) is 4. The van der Waals surface area contributed by atoms with Gasteiger partial charge in [0.2, 0.25) is 0 Å². The van der Waals surface area contributed by atoms with Crippen molar-refractivity contribution in [2.24, 2.45) is 17.3 Å². The van der Waals surface area contributed by atoms with E-state index in [0.717, 1.165) is 38.5 Å². The summed E-state index contributed by atoms with van der Waals surface area (Å²) < 4.78 is 11.1. The number of carbonyl (C=O) groups is 2. The van der Waals surface area contributed by atoms with E-state index >= 15 is 0 Å². The van der Waals surface area contributed by atoms with Crippen LogP contribution in [-0.2, 0) is 16.0 Å². The molecule has 0 radical (unpaired) electrons. The maximum absolute atomic E-state index is 12.4. The summed E-state index contributed by atoms with van der Waals surface area (Å²) in [5.41, 5.74) is 3.42. The maximum Gasteiger partial charge on any atom is 0.343 e. The third kappa shape index (κ3) is 3.13. The van der Waals surface area contributed by atoms with Crippen LogP contribution in [0.1, 0.15) is 66.4 Å². The Morgan fingerprint density at radius 3 is 2.70 bits per heavy atom. The molecule has 0 bridgehead atoms. The molecule has 0 amide bonds. The second kappa shape index (κ2) is 7.57. The van der Waals surface area contributed by atoms with Crippen LogP contribution in [0.4, 0.5) is 0 Å². The van der Waals surface area contributed by atoms with Gasteiger partial charge in [-0.25, -0.2) is 4.79 Å². The van der Waals surface area contributed by atoms with Gasteiger partial charge >= 0.3 is 5.97 Å². The number of aryl methyl sites for hydroxylation is 1. The molecule has 2 saturated carbocycles. The van der Waals surface area contributed by atoms with Crippen LogP contribution in [0.15, 0.2) is 48.5 Å². The lowest BCUT2D eigenvalue weighted by molar-refractivity contribution is -0.141. The van der Waals surface area contributed by atoms with E-state index in [1.54, 1.807) is 12.1 Å². The average molecular weight is 405 g/mol. The number of esters is 1. The average Bonchev–Trinajstić information content (AvgIpc) is 3.10. The molecule has 0 heterocycles. The fraction of sp³-hybridized carbons (Fsp3) is 0.462. The minimum Gasteiger partial charge on any atom is -0.464 e. The lowest BCUT2D eigenvalue weighted by atomic mass is 9.55. The monoisotopic (exact) mass is 404 g/mol. The van der Waals surface area contributed by atoms with Crippen LogP contribution < -0.4 is 4.74 Å². The maximum atomic E-state index is 12.4. The van der Waals surface area contributed by atoms with E-state index in [4.69, 9.17) is 9.47 Å². The molecule has 3 aliphatic rings. The highest BCUT2D eigenvalue weighted by Crippen LogP contribution is 2.61. The van der Waals surface area contributed by atoms with Crippen LogP contribution in [0.5, 0.6) is 5.75 Å². The Morgan fingerprint density at radius 1 is 1.07 bits per heavy atom. The predicted molar refractivity (Wildman–Crippen MR) is 113 cm³/mol. The van der Waals surface area contributed by atoms with Gasteiger partial charge in [-0.05, 0) is 91.7 Å². The SMILES string of the molecule is C[C@]12CC[C@@H]3c4ccc(OC(=O)c5ccccc5)cc4CC[C@H]3[C@@H]1CC[C@H]2OC=O. The number of rotatable bonds is 4. The molecule has 3 aliphatic carbocycles. The molecule has 5 atom stereocenters. The van der Waals surface area contributed by atoms with Crippen LogP contribution >= 0.6 is 0 Å². The van der Waals surface area contributed by atoms with Crippen molar-refractivity contribution in [3.05, 3.63) is 65.2 Å². The van der Waals surface area contributed by atoms with E-state index in [1.807, 2.05) is 24.3 Å². The Bertz CT molecular complexity index is 953. The molecule has 2 aromatic carbocycles. The van der Waals surface area contributed by atoms with Crippen molar-refractivity contribution in [2.75, 3.05) is 0 Å². The van der Waals surface area contributed by atoms with Crippen molar-refractivity contribution in [1.82, 2.24) is 0 Å². The van der Waals surface area contributed by atoms with Crippen LogP contribution in [0.3, 0.4) is 0 Å². The Hall–Kier alpha value is -2.62. The zero-order chi connectivity index (χ0) is 20.7. The fourth-order valence-corrected chi connectivity index (χ4v) is 6.60. The van der Waals surface area contributed by atoms with Crippen LogP contribution in [-0.4, -0.2) is 18.5 Å². The summed E-state index contributed by atoms with van der Waals surface area (Å²) in [6.07, 6.45) is 6.61. The smallest absolute Gasteiger partial charge is 0.343 e. The first-order valence-corrected chi connectivity index (χ1v) is 11.1. The van der Waals surface area contributed by atoms with Crippen LogP contribution in [0, 0.1) is 17.3 Å². The predicted octanol–water partition coefficient (Wildman–Crippen LogP) is 5.30. The summed E-state index contributed by atoms with van der Waals surface area (Å²) in [4.78, 5) is 23.4. The fourth-order valence-electron chi connectivity index (χ4n) is 6.60. The van der Waals surface area contributed by atoms with Crippen molar-refractivity contribution in [1.29, 1.82) is 0 Å². The van der Waals surface area contributed by atoms with Crippen molar-refractivity contribution < 1.29 is 19.1 Å². The summed E-state index contributed by atoms with van der Waals surface area (Å²) in [5, 5.41) is 0. The molecule has 4 nitrogen and oxygen atoms in total. The standard InChI is InChI=1S/C26H28O4/c1-26-14-13-21-20-10-8-19(30-25(28)17-5-3-2-4-6-17)15-18(20)7-9-22(21)23(26)11-12-24(26)29-16-27/h2-6,8,10,15-16,21-24H,7,9,11-14H2,1H3/t21-,22-,23+,24-,26+/m1/s1. The van der Waals surface area contributed by atoms with E-state index in [2.05, 4.69) is 19.1 Å². The number of fused-ring (bicyclic) bond motifs is 5. The molecule has 2 aromatic rings. The molecule has 0 N–H and O–H groups in total. The van der Waals surface area contributed by atoms with E-state index < -0.39 is 0 Å². The first kappa shape index (κ1) is 19.3. The van der Waals surface area contributed by atoms with Gasteiger partial charge in [0.05, 0.1) is 5.56 Å². The lowest BCUT2D eigenvalue weighted by Crippen LogP contribution is -2.44. The van der Waals surface area contributed by atoms with Crippen LogP contribution in [0.25, 0.3) is 0 Å². The van der Waals surface area contributed by atoms with Gasteiger partial charge in [-0.15, -0.1) is 0 Å². The van der Waals surface area contributed by atoms with E-state index in [9.17, 15) is 9.59 Å². The summed E-state index contributed by atoms with van der Waals surface area (Å²) in [6, 6.07) is 15.3. The molecule has 0 aliphatic heterocycles. The topological polar surface area (TPSA) is 52.6 Å². The zero-order valence-electron chi connectivity index (χ0n) is 17.4. The molecule has 5 rings (SSSR count). The molecule has 0 saturated heterocycles. The summed E-state index contributed by atoms with van der Waals surface area (Å²) in [7, 11) is 0. The minimum absolute atomic E-state index is 0.0714. The van der Waals surface area contributed by atoms with Gasteiger partial charge in [-0.2, -0.15) is 0 Å². The molecular weight excluding hydrogens is 376 g/mol. The molecule has 156 valence electrons. The Labute approximate surface area is 177 Å². The van der Waals surface area contributed by atoms with Gasteiger partial charge in [-0.3, -0.25) is 4.79 Å². The van der Waals surface area contributed by atoms with E-state index in [1.165, 1.54) is 11.1 Å². The number of carbonyl (C=O) groups excluding carboxylic acids is 2. The number of hydrogen-bond donors (Lipinski definition) is 0. The van der Waals surface area contributed by atoms with E-state index in [0.29, 0.717) is 35.5 Å². The Kier molecular flexibility index (Phi) is 4.88. The van der Waals surface area contributed by atoms with Crippen molar-refractivity contribution in [3.63, 3.8) is 0 Å². The number of benzene rings is 2. The van der Waals surface area contributed by atoms with Crippen molar-refractivity contribution in [3.8, 4) is 5.75 Å². The van der Waals surface area contributed by atoms with Gasteiger partial charge in [0.25, 0.3) is 6.47 Å². The third-order valence-corrected chi connectivity index (χ3v) is 8.05. The Morgan fingerprint density at radius 2 is 1.90 bits per heavy atom. The minimum atomic E-state index is -0.315. The highest BCUT2D eigenvalue weighted by molar-refractivity contribution is 5.91. The van der Waals surface area contributed by atoms with Gasteiger partial charge in [0, 0.05) is 5.41 Å². The number of ether oxygens (including phenoxy) is 2. The van der Waals surface area contributed by atoms with E-state index in [-0.39, 0.29) is 17.5 Å². The summed E-state index contributed by atoms with van der Waals surface area (Å²) in [6.45, 7) is 2.97. The first-order valence-electron chi connectivity index (χ1n) is 11.1. The molecule has 30 heavy (non-hydrogen) atoms. The van der Waals surface area contributed by atoms with Gasteiger partial charge in [0.1, 0.15) is 11.9 Å². The molecule has 0 aromatic heterocycles. The largest absolute Gasteiger partial charge is 0.464 e. The summed E-state index contributed by atoms with van der Waals surface area (Å²) in [5.74, 6) is 2.13. The van der Waals surface area contributed by atoms with Crippen molar-refractivity contribution >= 4 is 12.4 Å². The Balaban J connectivity index is 1.35. The molecule has 0 spiro atoms. The second-order valence-corrected chi connectivity index (χ2v) is 9.37. The van der Waals surface area contributed by atoms with Gasteiger partial charge < -0.3 is 9.47 Å². The molecule has 0 unspecified atom stereocenters. The summed E-state index contributed by atoms with van der Waals surface area (Å²) >= 11 is 0. The van der Waals surface area contributed by atoms with Gasteiger partial charge in [0.15, 0.2) is 0 Å². The highest BCUT2D eigenvalue weighted by Gasteiger charge is 2.55. The highest BCUT2D eigenvalue weighted by atomic mass is 16.5. The first-order chi connectivity index (χ1) is 14.6. The van der Waals surface area contributed by atoms with Gasteiger partial charge in [-0.1, -0.05) is 31.2 Å². The normalized spacial score (nSPS) is 31.8. The molecular formula is C26H28O4. The third-order valence-electron chi connectivity index (χ3n) is 8.05. The van der Waals surface area contributed by atoms with Crippen molar-refractivity contribution in [2.45, 2.75) is 57.5 Å². The molecule has 2 fully saturated rings. The van der Waals surface area contributed by atoms with Crippen LogP contribution in [0.2, 0.25) is 0 Å². The quantitative estimate of drug-likeness (QED) is 0.394. The lowest BCUT2D eigenvalue weighted by Gasteiger charge is -2.50. The second-order valence-electron chi connectivity index (χ2n) is 9.37.